The van der Waals surface area contributed by atoms with Crippen LogP contribution in [0.3, 0.4) is 0 Å². The molecule has 9 nitrogen and oxygen atoms in total. The first-order valence-corrected chi connectivity index (χ1v) is 9.53. The Morgan fingerprint density at radius 2 is 1.82 bits per heavy atom. The number of carbonyl (C=O) groups is 1. The van der Waals surface area contributed by atoms with Crippen LogP contribution >= 0.6 is 11.3 Å². The van der Waals surface area contributed by atoms with Crippen LogP contribution in [0.25, 0.3) is 0 Å². The largest absolute Gasteiger partial charge is 0.312 e. The van der Waals surface area contributed by atoms with E-state index in [2.05, 4.69) is 11.4 Å². The van der Waals surface area contributed by atoms with Crippen LogP contribution in [0.2, 0.25) is 0 Å². The summed E-state index contributed by atoms with van der Waals surface area (Å²) in [5.74, 6) is -0.771. The van der Waals surface area contributed by atoms with E-state index in [0.717, 1.165) is 67.2 Å². The van der Waals surface area contributed by atoms with Crippen molar-refractivity contribution in [2.45, 2.75) is 38.5 Å². The van der Waals surface area contributed by atoms with E-state index >= 15 is 0 Å². The van der Waals surface area contributed by atoms with Gasteiger partial charge in [0.25, 0.3) is 17.3 Å². The maximum atomic E-state index is 12.6. The summed E-state index contributed by atoms with van der Waals surface area (Å²) in [6.45, 7) is 0. The molecule has 1 N–H and O–H groups in total. The molecular formula is C18H16N4O5S. The van der Waals surface area contributed by atoms with Gasteiger partial charge in [-0.1, -0.05) is 12.8 Å². The maximum Gasteiger partial charge on any atom is 0.289 e. The van der Waals surface area contributed by atoms with Crippen molar-refractivity contribution >= 4 is 33.6 Å². The molecule has 0 atom stereocenters. The molecule has 0 bridgehead atoms. The number of nitro benzene ring substituents is 2. The molecule has 10 heteroatoms. The number of nitro groups is 2. The Morgan fingerprint density at radius 1 is 1.11 bits per heavy atom. The van der Waals surface area contributed by atoms with Crippen molar-refractivity contribution in [3.8, 4) is 6.07 Å². The quantitative estimate of drug-likeness (QED) is 0.598. The highest BCUT2D eigenvalue weighted by Gasteiger charge is 2.26. The topological polar surface area (TPSA) is 139 Å². The monoisotopic (exact) mass is 400 g/mol. The third-order valence-corrected chi connectivity index (χ3v) is 5.85. The van der Waals surface area contributed by atoms with Crippen LogP contribution in [0.4, 0.5) is 16.4 Å². The van der Waals surface area contributed by atoms with Gasteiger partial charge < -0.3 is 5.32 Å². The van der Waals surface area contributed by atoms with E-state index in [0.29, 0.717) is 10.6 Å². The van der Waals surface area contributed by atoms with Gasteiger partial charge in [-0.05, 0) is 37.3 Å². The van der Waals surface area contributed by atoms with Gasteiger partial charge in [0.15, 0.2) is 0 Å². The number of hydrogen-bond donors (Lipinski definition) is 1. The van der Waals surface area contributed by atoms with Crippen LogP contribution in [0, 0.1) is 31.6 Å². The summed E-state index contributed by atoms with van der Waals surface area (Å²) in [6.07, 6.45) is 5.80. The molecule has 0 saturated heterocycles. The van der Waals surface area contributed by atoms with Gasteiger partial charge in [-0.3, -0.25) is 25.0 Å². The number of non-ortho nitro benzene ring substituents is 1. The first kappa shape index (κ1) is 19.4. The minimum absolute atomic E-state index is 0.291. The van der Waals surface area contributed by atoms with E-state index in [1.165, 1.54) is 11.3 Å². The minimum atomic E-state index is -0.832. The van der Waals surface area contributed by atoms with Crippen LogP contribution < -0.4 is 5.32 Å². The van der Waals surface area contributed by atoms with Crippen molar-refractivity contribution in [2.24, 2.45) is 0 Å². The zero-order valence-electron chi connectivity index (χ0n) is 14.8. The molecule has 0 spiro atoms. The van der Waals surface area contributed by atoms with Gasteiger partial charge in [0.2, 0.25) is 0 Å². The number of thiophene rings is 1. The Balaban J connectivity index is 1.96. The lowest BCUT2D eigenvalue weighted by Gasteiger charge is -2.08. The number of amides is 1. The number of nitrogens with zero attached hydrogens (tertiary/aromatic N) is 3. The molecule has 3 rings (SSSR count). The van der Waals surface area contributed by atoms with E-state index in [9.17, 15) is 30.3 Å². The predicted octanol–water partition coefficient (Wildman–Crippen LogP) is 4.35. The summed E-state index contributed by atoms with van der Waals surface area (Å²) in [5, 5.41) is 34.7. The SMILES string of the molecule is N#Cc1c(NC(=O)c2ccc([N+](=O)[O-])cc2[N+](=O)[O-])sc2c1CCCCCC2. The highest BCUT2D eigenvalue weighted by molar-refractivity contribution is 7.16. The number of fused-ring (bicyclic) bond motifs is 1. The summed E-state index contributed by atoms with van der Waals surface area (Å²) < 4.78 is 0. The van der Waals surface area contributed by atoms with Crippen molar-refractivity contribution in [3.05, 3.63) is 60.0 Å². The summed E-state index contributed by atoms with van der Waals surface area (Å²) in [6, 6.07) is 5.00. The van der Waals surface area contributed by atoms with E-state index in [-0.39, 0.29) is 5.56 Å². The fraction of sp³-hybridized carbons (Fsp3) is 0.333. The number of hydrogen-bond acceptors (Lipinski definition) is 7. The molecule has 144 valence electrons. The zero-order chi connectivity index (χ0) is 20.3. The molecule has 0 fully saturated rings. The Hall–Kier alpha value is -3.32. The number of nitrogens with one attached hydrogen (secondary N) is 1. The molecule has 0 unspecified atom stereocenters. The standard InChI is InChI=1S/C18H16N4O5S/c19-10-14-12-5-3-1-2-4-6-16(12)28-18(14)20-17(23)13-8-7-11(21(24)25)9-15(13)22(26)27/h7-9H,1-6H2,(H,20,23). The van der Waals surface area contributed by atoms with Gasteiger partial charge >= 0.3 is 0 Å². The van der Waals surface area contributed by atoms with E-state index in [4.69, 9.17) is 0 Å². The van der Waals surface area contributed by atoms with Crippen LogP contribution in [-0.2, 0) is 12.8 Å². The second-order valence-electron chi connectivity index (χ2n) is 6.40. The molecular weight excluding hydrogens is 384 g/mol. The summed E-state index contributed by atoms with van der Waals surface area (Å²) in [4.78, 5) is 34.2. The Morgan fingerprint density at radius 3 is 2.46 bits per heavy atom. The van der Waals surface area contributed by atoms with E-state index in [1.54, 1.807) is 0 Å². The molecule has 1 heterocycles. The molecule has 1 aromatic carbocycles. The average molecular weight is 400 g/mol. The van der Waals surface area contributed by atoms with E-state index in [1.807, 2.05) is 0 Å². The Kier molecular flexibility index (Phi) is 5.65. The van der Waals surface area contributed by atoms with Gasteiger partial charge in [0.1, 0.15) is 16.6 Å². The lowest BCUT2D eigenvalue weighted by Crippen LogP contribution is -2.14. The number of carbonyl (C=O) groups excluding carboxylic acids is 1. The predicted molar refractivity (Wildman–Crippen MR) is 103 cm³/mol. The number of anilines is 1. The molecule has 1 aliphatic carbocycles. The molecule has 0 aliphatic heterocycles. The highest BCUT2D eigenvalue weighted by atomic mass is 32.1. The normalized spacial score (nSPS) is 13.5. The first-order chi connectivity index (χ1) is 13.4. The number of benzene rings is 1. The molecule has 1 aromatic heterocycles. The first-order valence-electron chi connectivity index (χ1n) is 8.71. The van der Waals surface area contributed by atoms with Crippen molar-refractivity contribution in [1.82, 2.24) is 0 Å². The maximum absolute atomic E-state index is 12.6. The van der Waals surface area contributed by atoms with Crippen molar-refractivity contribution in [3.63, 3.8) is 0 Å². The highest BCUT2D eigenvalue weighted by Crippen LogP contribution is 2.37. The lowest BCUT2D eigenvalue weighted by atomic mass is 9.97. The molecule has 0 radical (unpaired) electrons. The molecule has 2 aromatic rings. The Labute approximate surface area is 163 Å². The van der Waals surface area contributed by atoms with Crippen LogP contribution in [0.5, 0.6) is 0 Å². The van der Waals surface area contributed by atoms with E-state index < -0.39 is 27.1 Å². The molecule has 1 amide bonds. The third kappa shape index (κ3) is 3.84. The Bertz CT molecular complexity index is 1010. The van der Waals surface area contributed by atoms with Crippen LogP contribution in [-0.4, -0.2) is 15.8 Å². The average Bonchev–Trinajstić information content (AvgIpc) is 2.96. The van der Waals surface area contributed by atoms with Gasteiger partial charge in [-0.15, -0.1) is 11.3 Å². The second kappa shape index (κ2) is 8.14. The van der Waals surface area contributed by atoms with Gasteiger partial charge in [0, 0.05) is 10.9 Å². The van der Waals surface area contributed by atoms with Crippen LogP contribution in [0.15, 0.2) is 18.2 Å². The molecule has 1 aliphatic rings. The summed E-state index contributed by atoms with van der Waals surface area (Å²) in [5.41, 5.74) is -0.0685. The van der Waals surface area contributed by atoms with Crippen molar-refractivity contribution < 1.29 is 14.6 Å². The van der Waals surface area contributed by atoms with Gasteiger partial charge in [0.05, 0.1) is 21.5 Å². The third-order valence-electron chi connectivity index (χ3n) is 4.64. The number of aryl methyl sites for hydroxylation is 1. The fourth-order valence-corrected chi connectivity index (χ4v) is 4.51. The lowest BCUT2D eigenvalue weighted by molar-refractivity contribution is -0.394. The van der Waals surface area contributed by atoms with Crippen LogP contribution in [0.1, 0.15) is 52.0 Å². The number of rotatable bonds is 4. The summed E-state index contributed by atoms with van der Waals surface area (Å²) >= 11 is 1.32. The van der Waals surface area contributed by atoms with Gasteiger partial charge in [-0.2, -0.15) is 5.26 Å². The number of nitriles is 1. The second-order valence-corrected chi connectivity index (χ2v) is 7.51. The molecule has 0 saturated carbocycles. The molecule has 28 heavy (non-hydrogen) atoms. The van der Waals surface area contributed by atoms with Crippen molar-refractivity contribution in [2.75, 3.05) is 5.32 Å². The minimum Gasteiger partial charge on any atom is -0.312 e. The van der Waals surface area contributed by atoms with Crippen molar-refractivity contribution in [1.29, 1.82) is 5.26 Å². The smallest absolute Gasteiger partial charge is 0.289 e. The fourth-order valence-electron chi connectivity index (χ4n) is 3.27. The zero-order valence-corrected chi connectivity index (χ0v) is 15.6. The van der Waals surface area contributed by atoms with Gasteiger partial charge in [-0.25, -0.2) is 0 Å². The summed E-state index contributed by atoms with van der Waals surface area (Å²) in [7, 11) is 0.